The maximum absolute atomic E-state index is 13.5. The molecule has 2 bridgehead atoms. The van der Waals surface area contributed by atoms with Gasteiger partial charge >= 0.3 is 12.3 Å². The smallest absolute Gasteiger partial charge is 0.434 e. The largest absolute Gasteiger partial charge is 0.490 e. The van der Waals surface area contributed by atoms with Crippen molar-refractivity contribution in [3.8, 4) is 34.4 Å². The fraction of sp³-hybridized carbons (Fsp3) is 0.310. The molecule has 45 heavy (non-hydrogen) atoms. The third-order valence-corrected chi connectivity index (χ3v) is 7.61. The number of aliphatic hydroxyl groups is 4. The number of halogens is 3. The van der Waals surface area contributed by atoms with Crippen LogP contribution in [0.1, 0.15) is 48.3 Å². The summed E-state index contributed by atoms with van der Waals surface area (Å²) in [5.41, 5.74) is -1.36. The van der Waals surface area contributed by atoms with Crippen molar-refractivity contribution in [1.82, 2.24) is 34.5 Å². The van der Waals surface area contributed by atoms with E-state index in [4.69, 9.17) is 19.4 Å². The van der Waals surface area contributed by atoms with Crippen molar-refractivity contribution in [2.24, 2.45) is 0 Å². The van der Waals surface area contributed by atoms with Crippen molar-refractivity contribution in [2.45, 2.75) is 43.6 Å². The zero-order chi connectivity index (χ0) is 31.7. The van der Waals surface area contributed by atoms with Crippen LogP contribution in [0.3, 0.4) is 0 Å². The van der Waals surface area contributed by atoms with Crippen molar-refractivity contribution in [3.05, 3.63) is 71.7 Å². The summed E-state index contributed by atoms with van der Waals surface area (Å²) >= 11 is 0. The van der Waals surface area contributed by atoms with Crippen LogP contribution in [0.2, 0.25) is 0 Å². The molecule has 0 saturated heterocycles. The summed E-state index contributed by atoms with van der Waals surface area (Å²) in [7, 11) is 0. The van der Waals surface area contributed by atoms with Crippen LogP contribution in [0.25, 0.3) is 33.8 Å². The van der Waals surface area contributed by atoms with Gasteiger partial charge in [0.05, 0.1) is 11.2 Å². The highest BCUT2D eigenvalue weighted by Crippen LogP contribution is 2.46. The third kappa shape index (κ3) is 5.10. The molecular weight excluding hydrogens is 599 g/mol. The molecule has 1 atom stereocenters. The number of imidazole rings is 1. The van der Waals surface area contributed by atoms with Crippen LogP contribution < -0.4 is 9.47 Å². The summed E-state index contributed by atoms with van der Waals surface area (Å²) in [4.78, 5) is 26.2. The first-order valence-electron chi connectivity index (χ1n) is 13.8. The van der Waals surface area contributed by atoms with Crippen LogP contribution in [0.15, 0.2) is 49.1 Å². The Kier molecular flexibility index (Phi) is 6.52. The van der Waals surface area contributed by atoms with Gasteiger partial charge in [-0.05, 0) is 38.0 Å². The molecule has 0 radical (unpaired) electrons. The van der Waals surface area contributed by atoms with Gasteiger partial charge in [0.15, 0.2) is 11.5 Å². The molecule has 16 heteroatoms. The quantitative estimate of drug-likeness (QED) is 0.216. The number of nitrogens with zero attached hydrogens (tertiary/aromatic N) is 7. The molecule has 1 saturated carbocycles. The van der Waals surface area contributed by atoms with Gasteiger partial charge in [0.2, 0.25) is 5.88 Å². The van der Waals surface area contributed by atoms with Crippen molar-refractivity contribution >= 4 is 11.0 Å². The molecule has 4 aromatic heterocycles. The second-order valence-electron chi connectivity index (χ2n) is 10.9. The minimum atomic E-state index is -4.96. The second-order valence-corrected chi connectivity index (χ2v) is 10.9. The standard InChI is InChI=1S/C29H24F3N7O6/c1-27(40)16-7-6-15(25-37-19(28(30,31)32)12-39(25)29(41,42)43)11-18(16)44-9-10-45-26-20(21(14-4-5-14)34-13-35-26)24-36-17-3-2-8-33-22(17)23(27)38-24/h2-3,6-8,11-14,40-43H,4-5,9-10H2,1H3. The molecule has 1 aliphatic heterocycles. The monoisotopic (exact) mass is 623 g/mol. The summed E-state index contributed by atoms with van der Waals surface area (Å²) in [5, 5.41) is 41.6. The predicted molar refractivity (Wildman–Crippen MR) is 147 cm³/mol. The van der Waals surface area contributed by atoms with Gasteiger partial charge in [-0.1, -0.05) is 12.1 Å². The number of ether oxygens (including phenoxy) is 2. The number of hydrogen-bond donors (Lipinski definition) is 4. The van der Waals surface area contributed by atoms with Gasteiger partial charge in [-0.2, -0.15) is 13.2 Å². The van der Waals surface area contributed by atoms with Gasteiger partial charge in [0.1, 0.15) is 53.5 Å². The molecule has 4 N–H and O–H groups in total. The number of rotatable bonds is 3. The summed E-state index contributed by atoms with van der Waals surface area (Å²) in [6.45, 7) is 1.32. The van der Waals surface area contributed by atoms with Gasteiger partial charge < -0.3 is 29.9 Å². The number of alkyl halides is 3. The van der Waals surface area contributed by atoms with Gasteiger partial charge in [-0.25, -0.2) is 24.9 Å². The predicted octanol–water partition coefficient (Wildman–Crippen LogP) is 2.81. The average Bonchev–Trinajstić information content (AvgIpc) is 3.72. The SMILES string of the molecule is CC1(O)c2ccc(-c3nc(C(F)(F)F)cn3C(O)(O)O)cc2OCCOc2ncnc(C3CC3)c2-c2nc1c1ncccc1n2. The van der Waals surface area contributed by atoms with E-state index in [9.17, 15) is 33.6 Å². The van der Waals surface area contributed by atoms with Crippen molar-refractivity contribution in [2.75, 3.05) is 13.2 Å². The van der Waals surface area contributed by atoms with Crippen molar-refractivity contribution in [1.29, 1.82) is 0 Å². The van der Waals surface area contributed by atoms with Crippen molar-refractivity contribution < 1.29 is 43.1 Å². The normalized spacial score (nSPS) is 18.7. The Hall–Kier alpha value is -4.77. The molecular formula is C29H24F3N7O6. The van der Waals surface area contributed by atoms with E-state index < -0.39 is 29.4 Å². The molecule has 13 nitrogen and oxygen atoms in total. The number of hydrogen-bond acceptors (Lipinski definition) is 12. The van der Waals surface area contributed by atoms with E-state index in [-0.39, 0.29) is 69.7 Å². The van der Waals surface area contributed by atoms with Crippen molar-refractivity contribution in [3.63, 3.8) is 0 Å². The fourth-order valence-corrected chi connectivity index (χ4v) is 5.34. The molecule has 2 aliphatic rings. The highest BCUT2D eigenvalue weighted by molar-refractivity contribution is 5.81. The van der Waals surface area contributed by atoms with E-state index in [0.29, 0.717) is 11.1 Å². The molecule has 1 aliphatic carbocycles. The highest BCUT2D eigenvalue weighted by Gasteiger charge is 2.40. The summed E-state index contributed by atoms with van der Waals surface area (Å²) in [6, 6.07) is 7.31. The maximum Gasteiger partial charge on any atom is 0.434 e. The summed E-state index contributed by atoms with van der Waals surface area (Å²) in [6.07, 6.45) is -3.65. The minimum absolute atomic E-state index is 0.0185. The fourth-order valence-electron chi connectivity index (χ4n) is 5.34. The lowest BCUT2D eigenvalue weighted by molar-refractivity contribution is -0.374. The van der Waals surface area contributed by atoms with E-state index in [1.54, 1.807) is 12.1 Å². The van der Waals surface area contributed by atoms with E-state index in [1.807, 2.05) is 0 Å². The molecule has 1 fully saturated rings. The van der Waals surface area contributed by atoms with Gasteiger partial charge in [-0.15, -0.1) is 0 Å². The maximum atomic E-state index is 13.5. The van der Waals surface area contributed by atoms with Crippen LogP contribution in [0.5, 0.6) is 11.6 Å². The Morgan fingerprint density at radius 1 is 0.978 bits per heavy atom. The van der Waals surface area contributed by atoms with Crippen LogP contribution in [0.4, 0.5) is 13.2 Å². The first-order valence-corrected chi connectivity index (χ1v) is 13.8. The summed E-state index contributed by atoms with van der Waals surface area (Å²) in [5.74, 6) is -0.0553. The lowest BCUT2D eigenvalue weighted by atomic mass is 9.89. The van der Waals surface area contributed by atoms with E-state index in [1.165, 1.54) is 37.6 Å². The Morgan fingerprint density at radius 2 is 1.76 bits per heavy atom. The first-order chi connectivity index (χ1) is 21.3. The Bertz CT molecular complexity index is 1950. The lowest BCUT2D eigenvalue weighted by Gasteiger charge is -2.28. The number of benzene rings is 1. The molecule has 7 rings (SSSR count). The summed E-state index contributed by atoms with van der Waals surface area (Å²) < 4.78 is 52.7. The van der Waals surface area contributed by atoms with Crippen LogP contribution in [-0.2, 0) is 17.9 Å². The van der Waals surface area contributed by atoms with Gasteiger partial charge in [0.25, 0.3) is 0 Å². The highest BCUT2D eigenvalue weighted by atomic mass is 19.4. The molecule has 1 aromatic carbocycles. The topological polar surface area (TPSA) is 182 Å². The van der Waals surface area contributed by atoms with Crippen LogP contribution >= 0.6 is 0 Å². The zero-order valence-electron chi connectivity index (χ0n) is 23.4. The Balaban J connectivity index is 1.44. The second kappa shape index (κ2) is 10.1. The van der Waals surface area contributed by atoms with E-state index in [2.05, 4.69) is 19.9 Å². The number of fused-ring (bicyclic) bond motifs is 7. The molecule has 5 aromatic rings. The molecule has 0 amide bonds. The Morgan fingerprint density at radius 3 is 2.49 bits per heavy atom. The first kappa shape index (κ1) is 29.0. The Labute approximate surface area is 251 Å². The van der Waals surface area contributed by atoms with Gasteiger partial charge in [0, 0.05) is 29.4 Å². The average molecular weight is 624 g/mol. The van der Waals surface area contributed by atoms with E-state index >= 15 is 0 Å². The van der Waals surface area contributed by atoms with Gasteiger partial charge in [-0.3, -0.25) is 9.55 Å². The zero-order valence-corrected chi connectivity index (χ0v) is 23.4. The number of pyridine rings is 1. The molecule has 5 heterocycles. The van der Waals surface area contributed by atoms with Crippen LogP contribution in [-0.4, -0.2) is 68.1 Å². The number of aromatic nitrogens is 7. The molecule has 0 spiro atoms. The minimum Gasteiger partial charge on any atom is -0.490 e. The lowest BCUT2D eigenvalue weighted by Crippen LogP contribution is -2.32. The van der Waals surface area contributed by atoms with E-state index in [0.717, 1.165) is 18.5 Å². The molecule has 1 unspecified atom stereocenters. The third-order valence-electron chi connectivity index (χ3n) is 7.61. The molecule has 232 valence electrons. The van der Waals surface area contributed by atoms with Crippen LogP contribution in [0, 0.1) is 0 Å².